The maximum Gasteiger partial charge on any atom is 0.109 e. The van der Waals surface area contributed by atoms with E-state index in [-0.39, 0.29) is 0 Å². The van der Waals surface area contributed by atoms with E-state index < -0.39 is 0 Å². The zero-order valence-corrected chi connectivity index (χ0v) is 15.9. The first kappa shape index (κ1) is 15.6. The Hall–Kier alpha value is -3.43. The van der Waals surface area contributed by atoms with Gasteiger partial charge < -0.3 is 0 Å². The van der Waals surface area contributed by atoms with Crippen molar-refractivity contribution in [3.63, 3.8) is 0 Å². The van der Waals surface area contributed by atoms with Gasteiger partial charge in [0.25, 0.3) is 0 Å². The molecule has 0 amide bonds. The van der Waals surface area contributed by atoms with E-state index in [1.54, 1.807) is 11.3 Å². The predicted molar refractivity (Wildman–Crippen MR) is 120 cm³/mol. The van der Waals surface area contributed by atoms with Gasteiger partial charge >= 0.3 is 0 Å². The summed E-state index contributed by atoms with van der Waals surface area (Å²) >= 11 is 1.73. The zero-order chi connectivity index (χ0) is 18.5. The third-order valence-corrected chi connectivity index (χ3v) is 6.18. The summed E-state index contributed by atoms with van der Waals surface area (Å²) < 4.78 is 0. The number of fused-ring (bicyclic) bond motifs is 2. The van der Waals surface area contributed by atoms with Gasteiger partial charge in [-0.25, -0.2) is 5.01 Å². The summed E-state index contributed by atoms with van der Waals surface area (Å²) in [4.78, 5) is 1.19. The molecule has 0 spiro atoms. The highest BCUT2D eigenvalue weighted by Gasteiger charge is 2.25. The Morgan fingerprint density at radius 3 is 2.39 bits per heavy atom. The quantitative estimate of drug-likeness (QED) is 0.304. The maximum atomic E-state index is 5.13. The van der Waals surface area contributed by atoms with Crippen LogP contribution < -0.4 is 5.01 Å². The smallest absolute Gasteiger partial charge is 0.109 e. The van der Waals surface area contributed by atoms with E-state index in [4.69, 9.17) is 5.10 Å². The van der Waals surface area contributed by atoms with Gasteiger partial charge in [0, 0.05) is 10.9 Å². The number of para-hydroxylation sites is 1. The van der Waals surface area contributed by atoms with Crippen LogP contribution in [0.15, 0.2) is 101 Å². The Morgan fingerprint density at radius 1 is 0.714 bits per heavy atom. The summed E-state index contributed by atoms with van der Waals surface area (Å²) in [5.41, 5.74) is 4.44. The van der Waals surface area contributed by atoms with E-state index in [1.807, 2.05) is 6.07 Å². The highest BCUT2D eigenvalue weighted by atomic mass is 32.1. The monoisotopic (exact) mass is 376 g/mol. The number of thiophene rings is 1. The van der Waals surface area contributed by atoms with Crippen molar-refractivity contribution in [2.24, 2.45) is 5.10 Å². The van der Waals surface area contributed by atoms with Crippen molar-refractivity contribution < 1.29 is 0 Å². The molecule has 3 heteroatoms. The van der Waals surface area contributed by atoms with Gasteiger partial charge in [-0.05, 0) is 45.8 Å². The Labute approximate surface area is 167 Å². The Morgan fingerprint density at radius 2 is 1.54 bits per heavy atom. The number of benzene rings is 4. The van der Waals surface area contributed by atoms with E-state index in [1.165, 1.54) is 32.0 Å². The molecule has 2 nitrogen and oxygen atoms in total. The lowest BCUT2D eigenvalue weighted by Crippen LogP contribution is -2.20. The van der Waals surface area contributed by atoms with E-state index in [0.29, 0.717) is 0 Å². The van der Waals surface area contributed by atoms with Crippen molar-refractivity contribution in [2.45, 2.75) is 0 Å². The van der Waals surface area contributed by atoms with Gasteiger partial charge in [-0.2, -0.15) is 5.10 Å². The minimum absolute atomic E-state index is 1.03. The molecule has 5 aromatic rings. The van der Waals surface area contributed by atoms with E-state index >= 15 is 0 Å². The summed E-state index contributed by atoms with van der Waals surface area (Å²) in [6, 6.07) is 32.1. The average Bonchev–Trinajstić information content (AvgIpc) is 3.29. The van der Waals surface area contributed by atoms with Gasteiger partial charge in [-0.15, -0.1) is 11.3 Å². The normalized spacial score (nSPS) is 13.1. The zero-order valence-electron chi connectivity index (χ0n) is 15.0. The topological polar surface area (TPSA) is 15.6 Å². The number of anilines is 2. The van der Waals surface area contributed by atoms with Crippen LogP contribution in [0.2, 0.25) is 0 Å². The van der Waals surface area contributed by atoms with Crippen LogP contribution in [0.3, 0.4) is 0 Å². The largest absolute Gasteiger partial charge is 0.232 e. The molecule has 0 atom stereocenters. The number of hydrazone groups is 1. The number of hydrogen-bond acceptors (Lipinski definition) is 3. The van der Waals surface area contributed by atoms with Crippen LogP contribution in [0.25, 0.3) is 21.5 Å². The molecule has 1 aliphatic heterocycles. The van der Waals surface area contributed by atoms with Crippen LogP contribution in [0.1, 0.15) is 10.4 Å². The summed E-state index contributed by atoms with van der Waals surface area (Å²) in [5, 5.41) is 14.4. The second-order valence-corrected chi connectivity index (χ2v) is 7.87. The molecule has 2 heterocycles. The molecule has 28 heavy (non-hydrogen) atoms. The molecule has 0 unspecified atom stereocenters. The molecule has 0 N–H and O–H groups in total. The lowest BCUT2D eigenvalue weighted by molar-refractivity contribution is 1.08. The van der Waals surface area contributed by atoms with Gasteiger partial charge in [-0.1, -0.05) is 66.7 Å². The van der Waals surface area contributed by atoms with Crippen LogP contribution >= 0.6 is 11.3 Å². The molecule has 0 fully saturated rings. The first-order valence-corrected chi connectivity index (χ1v) is 10.2. The van der Waals surface area contributed by atoms with Gasteiger partial charge in [0.1, 0.15) is 5.71 Å². The highest BCUT2D eigenvalue weighted by molar-refractivity contribution is 7.12. The summed E-state index contributed by atoms with van der Waals surface area (Å²) in [6.45, 7) is 0. The van der Waals surface area contributed by atoms with E-state index in [2.05, 4.69) is 95.3 Å². The molecule has 4 aromatic carbocycles. The van der Waals surface area contributed by atoms with Crippen molar-refractivity contribution in [2.75, 3.05) is 5.01 Å². The minimum atomic E-state index is 1.03. The summed E-state index contributed by atoms with van der Waals surface area (Å²) in [5.74, 6) is 0. The van der Waals surface area contributed by atoms with E-state index in [9.17, 15) is 0 Å². The Balaban J connectivity index is 1.76. The third-order valence-electron chi connectivity index (χ3n) is 5.30. The molecule has 132 valence electrons. The van der Waals surface area contributed by atoms with Crippen LogP contribution in [-0.2, 0) is 0 Å². The fourth-order valence-electron chi connectivity index (χ4n) is 4.07. The average molecular weight is 376 g/mol. The standard InChI is InChI=1S/C25H16N2S/c1-2-9-18(10-3-1)27-22-16-17-8-4-5-11-19(17)20-12-6-13-21(24(20)22)25(26-27)23-14-7-15-28-23/h1-16H. The second kappa shape index (κ2) is 6.04. The molecule has 0 aliphatic carbocycles. The molecular weight excluding hydrogens is 360 g/mol. The molecule has 0 saturated heterocycles. The minimum Gasteiger partial charge on any atom is -0.232 e. The van der Waals surface area contributed by atoms with Crippen molar-refractivity contribution in [3.05, 3.63) is 107 Å². The second-order valence-electron chi connectivity index (χ2n) is 6.92. The van der Waals surface area contributed by atoms with E-state index in [0.717, 1.165) is 17.1 Å². The number of rotatable bonds is 2. The first-order chi connectivity index (χ1) is 13.9. The van der Waals surface area contributed by atoms with Crippen LogP contribution in [0.4, 0.5) is 11.4 Å². The predicted octanol–water partition coefficient (Wildman–Crippen LogP) is 6.96. The molecule has 0 saturated carbocycles. The third kappa shape index (κ3) is 2.23. The molecular formula is C25H16N2S. The fraction of sp³-hybridized carbons (Fsp3) is 0. The summed E-state index contributed by atoms with van der Waals surface area (Å²) in [6.07, 6.45) is 0. The van der Waals surface area contributed by atoms with Crippen LogP contribution in [0, 0.1) is 0 Å². The number of hydrogen-bond donors (Lipinski definition) is 0. The fourth-order valence-corrected chi connectivity index (χ4v) is 4.80. The molecule has 0 bridgehead atoms. The van der Waals surface area contributed by atoms with Crippen molar-refractivity contribution in [1.82, 2.24) is 0 Å². The Bertz CT molecular complexity index is 1350. The molecule has 0 radical (unpaired) electrons. The Kier molecular flexibility index (Phi) is 3.37. The van der Waals surface area contributed by atoms with Gasteiger partial charge in [0.2, 0.25) is 0 Å². The van der Waals surface area contributed by atoms with Gasteiger partial charge in [0.05, 0.1) is 16.3 Å². The van der Waals surface area contributed by atoms with Crippen LogP contribution in [-0.4, -0.2) is 5.71 Å². The molecule has 1 aliphatic rings. The number of nitrogens with zero attached hydrogens (tertiary/aromatic N) is 2. The molecule has 1 aromatic heterocycles. The first-order valence-electron chi connectivity index (χ1n) is 9.33. The van der Waals surface area contributed by atoms with Crippen molar-refractivity contribution in [1.29, 1.82) is 0 Å². The molecule has 6 rings (SSSR count). The van der Waals surface area contributed by atoms with Crippen LogP contribution in [0.5, 0.6) is 0 Å². The van der Waals surface area contributed by atoms with Gasteiger partial charge in [-0.3, -0.25) is 0 Å². The lowest BCUT2D eigenvalue weighted by atomic mass is 9.93. The maximum absolute atomic E-state index is 5.13. The highest BCUT2D eigenvalue weighted by Crippen LogP contribution is 2.43. The SMILES string of the molecule is c1ccc(N2N=C(c3cccs3)c3cccc4c3c2cc2ccccc24)cc1. The van der Waals surface area contributed by atoms with Crippen molar-refractivity contribution in [3.8, 4) is 0 Å². The summed E-state index contributed by atoms with van der Waals surface area (Å²) in [7, 11) is 0. The lowest BCUT2D eigenvalue weighted by Gasteiger charge is -2.28. The van der Waals surface area contributed by atoms with Gasteiger partial charge in [0.15, 0.2) is 0 Å². The van der Waals surface area contributed by atoms with Crippen molar-refractivity contribution >= 4 is 50.0 Å².